The molecule has 0 aliphatic carbocycles. The van der Waals surface area contributed by atoms with Gasteiger partial charge in [0, 0.05) is 27.9 Å². The first kappa shape index (κ1) is 22.0. The van der Waals surface area contributed by atoms with Crippen LogP contribution in [0, 0.1) is 0 Å². The van der Waals surface area contributed by atoms with Crippen LogP contribution in [0.15, 0.2) is 0 Å². The molecule has 0 bridgehead atoms. The van der Waals surface area contributed by atoms with Crippen LogP contribution < -0.4 is 0 Å². The Kier molecular flexibility index (Phi) is 23.2. The maximum Gasteiger partial charge on any atom is 0.0776 e. The molecule has 0 aromatic heterocycles. The number of hydrogen-bond acceptors (Lipinski definition) is 6. The SMILES string of the molecule is CCOCCOCCOC.COCCOCC(C)OC. The van der Waals surface area contributed by atoms with Crippen LogP contribution in [0.2, 0.25) is 0 Å². The van der Waals surface area contributed by atoms with Gasteiger partial charge in [-0.1, -0.05) is 0 Å². The van der Waals surface area contributed by atoms with Gasteiger partial charge in [-0.15, -0.1) is 0 Å². The van der Waals surface area contributed by atoms with E-state index >= 15 is 0 Å². The van der Waals surface area contributed by atoms with Crippen molar-refractivity contribution in [2.45, 2.75) is 20.0 Å². The molecular weight excluding hydrogens is 264 g/mol. The highest BCUT2D eigenvalue weighted by atomic mass is 16.5. The first-order chi connectivity index (χ1) is 9.72. The molecule has 1 unspecified atom stereocenters. The quantitative estimate of drug-likeness (QED) is 0.479. The molecule has 0 aliphatic heterocycles. The third kappa shape index (κ3) is 22.9. The smallest absolute Gasteiger partial charge is 0.0776 e. The van der Waals surface area contributed by atoms with Gasteiger partial charge in [-0.05, 0) is 13.8 Å². The summed E-state index contributed by atoms with van der Waals surface area (Å²) in [5, 5.41) is 0. The second kappa shape index (κ2) is 21.1. The molecule has 0 aromatic rings. The van der Waals surface area contributed by atoms with Crippen molar-refractivity contribution in [1.82, 2.24) is 0 Å². The van der Waals surface area contributed by atoms with Gasteiger partial charge in [0.25, 0.3) is 0 Å². The third-order valence-corrected chi connectivity index (χ3v) is 2.19. The van der Waals surface area contributed by atoms with E-state index in [4.69, 9.17) is 28.4 Å². The fourth-order valence-electron chi connectivity index (χ4n) is 0.966. The first-order valence-corrected chi connectivity index (χ1v) is 6.96. The fourth-order valence-corrected chi connectivity index (χ4v) is 0.966. The second-order valence-electron chi connectivity index (χ2n) is 3.92. The molecule has 0 aromatic carbocycles. The highest BCUT2D eigenvalue weighted by Crippen LogP contribution is 1.88. The topological polar surface area (TPSA) is 55.4 Å². The zero-order chi connectivity index (χ0) is 15.5. The molecular formula is C14H32O6. The summed E-state index contributed by atoms with van der Waals surface area (Å²) in [6, 6.07) is 0. The van der Waals surface area contributed by atoms with Crippen LogP contribution >= 0.6 is 0 Å². The van der Waals surface area contributed by atoms with E-state index in [2.05, 4.69) is 0 Å². The molecule has 0 amide bonds. The van der Waals surface area contributed by atoms with Gasteiger partial charge in [-0.25, -0.2) is 0 Å². The van der Waals surface area contributed by atoms with Crippen LogP contribution in [0.3, 0.4) is 0 Å². The highest BCUT2D eigenvalue weighted by Gasteiger charge is 1.97. The van der Waals surface area contributed by atoms with E-state index in [0.29, 0.717) is 46.2 Å². The fraction of sp³-hybridized carbons (Fsp3) is 1.00. The van der Waals surface area contributed by atoms with E-state index in [0.717, 1.165) is 6.61 Å². The van der Waals surface area contributed by atoms with E-state index < -0.39 is 0 Å². The Bertz CT molecular complexity index is 149. The summed E-state index contributed by atoms with van der Waals surface area (Å²) in [7, 11) is 4.99. The Morgan fingerprint density at radius 3 is 1.70 bits per heavy atom. The molecule has 6 heteroatoms. The van der Waals surface area contributed by atoms with E-state index in [9.17, 15) is 0 Å². The van der Waals surface area contributed by atoms with Gasteiger partial charge in [0.2, 0.25) is 0 Å². The highest BCUT2D eigenvalue weighted by molar-refractivity contribution is 4.43. The molecule has 0 heterocycles. The largest absolute Gasteiger partial charge is 0.382 e. The molecule has 0 rings (SSSR count). The maximum absolute atomic E-state index is 5.18. The van der Waals surface area contributed by atoms with Crippen molar-refractivity contribution in [2.75, 3.05) is 74.2 Å². The summed E-state index contributed by atoms with van der Waals surface area (Å²) < 4.78 is 29.9. The van der Waals surface area contributed by atoms with Crippen LogP contribution in [0.5, 0.6) is 0 Å². The van der Waals surface area contributed by atoms with E-state index in [-0.39, 0.29) is 6.10 Å². The van der Waals surface area contributed by atoms with Gasteiger partial charge in [-0.3, -0.25) is 0 Å². The minimum Gasteiger partial charge on any atom is -0.382 e. The van der Waals surface area contributed by atoms with E-state index in [1.807, 2.05) is 13.8 Å². The number of rotatable bonds is 13. The first-order valence-electron chi connectivity index (χ1n) is 6.96. The van der Waals surface area contributed by atoms with Crippen molar-refractivity contribution in [1.29, 1.82) is 0 Å². The van der Waals surface area contributed by atoms with Gasteiger partial charge in [-0.2, -0.15) is 0 Å². The second-order valence-corrected chi connectivity index (χ2v) is 3.92. The standard InChI is InChI=1S/2C7H16O3/c1-7(9-3)6-10-5-4-8-2;1-3-9-6-7-10-5-4-8-2/h7H,4-6H2,1-3H3;3-7H2,1-2H3. The van der Waals surface area contributed by atoms with Crippen molar-refractivity contribution >= 4 is 0 Å². The van der Waals surface area contributed by atoms with Crippen molar-refractivity contribution in [2.24, 2.45) is 0 Å². The molecule has 0 fully saturated rings. The summed E-state index contributed by atoms with van der Waals surface area (Å²) in [5.74, 6) is 0. The van der Waals surface area contributed by atoms with Crippen LogP contribution in [0.4, 0.5) is 0 Å². The molecule has 0 spiro atoms. The lowest BCUT2D eigenvalue weighted by molar-refractivity contribution is 0.000968. The molecule has 0 radical (unpaired) electrons. The summed E-state index contributed by atoms with van der Waals surface area (Å²) in [4.78, 5) is 0. The Hall–Kier alpha value is -0.240. The molecule has 0 saturated carbocycles. The predicted molar refractivity (Wildman–Crippen MR) is 78.4 cm³/mol. The van der Waals surface area contributed by atoms with Gasteiger partial charge in [0.15, 0.2) is 0 Å². The maximum atomic E-state index is 5.18. The third-order valence-electron chi connectivity index (χ3n) is 2.19. The number of ether oxygens (including phenoxy) is 6. The number of hydrogen-bond donors (Lipinski definition) is 0. The minimum atomic E-state index is 0.178. The van der Waals surface area contributed by atoms with Crippen LogP contribution in [0.25, 0.3) is 0 Å². The summed E-state index contributed by atoms with van der Waals surface area (Å²) in [6.45, 7) is 9.28. The van der Waals surface area contributed by atoms with Crippen molar-refractivity contribution in [3.05, 3.63) is 0 Å². The van der Waals surface area contributed by atoms with Crippen LogP contribution in [-0.2, 0) is 28.4 Å². The van der Waals surface area contributed by atoms with Gasteiger partial charge in [0.05, 0.1) is 52.4 Å². The lowest BCUT2D eigenvalue weighted by Crippen LogP contribution is -2.15. The van der Waals surface area contributed by atoms with E-state index in [1.54, 1.807) is 21.3 Å². The molecule has 0 saturated heterocycles. The van der Waals surface area contributed by atoms with Gasteiger partial charge in [0.1, 0.15) is 0 Å². The minimum absolute atomic E-state index is 0.178. The predicted octanol–water partition coefficient (Wildman–Crippen LogP) is 1.37. The lowest BCUT2D eigenvalue weighted by atomic mass is 10.4. The summed E-state index contributed by atoms with van der Waals surface area (Å²) in [6.07, 6.45) is 0.178. The Labute approximate surface area is 123 Å². The van der Waals surface area contributed by atoms with Crippen molar-refractivity contribution in [3.8, 4) is 0 Å². The Morgan fingerprint density at radius 1 is 0.700 bits per heavy atom. The molecule has 0 N–H and O–H groups in total. The zero-order valence-electron chi connectivity index (χ0n) is 13.7. The molecule has 0 aliphatic rings. The molecule has 20 heavy (non-hydrogen) atoms. The van der Waals surface area contributed by atoms with E-state index in [1.165, 1.54) is 0 Å². The van der Waals surface area contributed by atoms with Crippen molar-refractivity contribution < 1.29 is 28.4 Å². The zero-order valence-corrected chi connectivity index (χ0v) is 13.7. The van der Waals surface area contributed by atoms with Crippen molar-refractivity contribution in [3.63, 3.8) is 0 Å². The summed E-state index contributed by atoms with van der Waals surface area (Å²) >= 11 is 0. The monoisotopic (exact) mass is 296 g/mol. The van der Waals surface area contributed by atoms with Crippen LogP contribution in [-0.4, -0.2) is 80.3 Å². The number of methoxy groups -OCH3 is 3. The van der Waals surface area contributed by atoms with Crippen LogP contribution in [0.1, 0.15) is 13.8 Å². The van der Waals surface area contributed by atoms with Gasteiger partial charge >= 0.3 is 0 Å². The van der Waals surface area contributed by atoms with Gasteiger partial charge < -0.3 is 28.4 Å². The summed E-state index contributed by atoms with van der Waals surface area (Å²) in [5.41, 5.74) is 0. The molecule has 124 valence electrons. The molecule has 1 atom stereocenters. The lowest BCUT2D eigenvalue weighted by Gasteiger charge is -2.08. The Morgan fingerprint density at radius 2 is 1.20 bits per heavy atom. The normalized spacial score (nSPS) is 11.8. The average molecular weight is 296 g/mol. The Balaban J connectivity index is 0. The average Bonchev–Trinajstić information content (AvgIpc) is 2.48. The molecule has 6 nitrogen and oxygen atoms in total.